The van der Waals surface area contributed by atoms with Crippen LogP contribution in [-0.2, 0) is 11.3 Å². The van der Waals surface area contributed by atoms with Gasteiger partial charge in [-0.25, -0.2) is 0 Å². The van der Waals surface area contributed by atoms with Crippen LogP contribution >= 0.6 is 0 Å². The zero-order valence-corrected chi connectivity index (χ0v) is 11.5. The van der Waals surface area contributed by atoms with E-state index in [-0.39, 0.29) is 12.3 Å². The molecule has 2 rings (SSSR count). The number of aryl methyl sites for hydroxylation is 1. The van der Waals surface area contributed by atoms with Crippen molar-refractivity contribution in [3.63, 3.8) is 0 Å². The third-order valence-electron chi connectivity index (χ3n) is 2.78. The van der Waals surface area contributed by atoms with Gasteiger partial charge in [0.05, 0.1) is 18.2 Å². The van der Waals surface area contributed by atoms with Gasteiger partial charge in [0.15, 0.2) is 0 Å². The molecule has 0 saturated carbocycles. The van der Waals surface area contributed by atoms with E-state index in [4.69, 9.17) is 5.26 Å². The Morgan fingerprint density at radius 1 is 1.41 bits per heavy atom. The lowest BCUT2D eigenvalue weighted by molar-refractivity contribution is -0.394. The van der Waals surface area contributed by atoms with Crippen LogP contribution in [0.3, 0.4) is 0 Å². The molecule has 0 aliphatic rings. The van der Waals surface area contributed by atoms with E-state index in [1.54, 1.807) is 24.3 Å². The van der Waals surface area contributed by atoms with E-state index in [1.165, 1.54) is 11.0 Å². The molecule has 1 heterocycles. The van der Waals surface area contributed by atoms with Crippen LogP contribution in [0.2, 0.25) is 0 Å². The molecule has 0 unspecified atom stereocenters. The Balaban J connectivity index is 1.77. The number of hydrogen-bond donors (Lipinski definition) is 1. The van der Waals surface area contributed by atoms with Crippen molar-refractivity contribution < 1.29 is 9.72 Å². The van der Waals surface area contributed by atoms with Gasteiger partial charge in [-0.15, -0.1) is 0 Å². The van der Waals surface area contributed by atoms with Crippen molar-refractivity contribution in [3.8, 4) is 6.07 Å². The standard InChI is InChI=1S/C13H12N6O3/c14-8-10-3-5-11(6-4-10)16-12(20)2-1-7-18-9-15-13(17-18)19(21)22/h3-6,9H,1-2,7H2,(H,16,20). The first kappa shape index (κ1) is 15.1. The molecule has 0 aliphatic carbocycles. The number of amides is 1. The maximum Gasteiger partial charge on any atom is 0.490 e. The third-order valence-corrected chi connectivity index (χ3v) is 2.78. The van der Waals surface area contributed by atoms with Crippen LogP contribution in [0.25, 0.3) is 0 Å². The average molecular weight is 300 g/mol. The number of benzene rings is 1. The summed E-state index contributed by atoms with van der Waals surface area (Å²) >= 11 is 0. The van der Waals surface area contributed by atoms with Gasteiger partial charge in [0.2, 0.25) is 12.2 Å². The molecule has 0 saturated heterocycles. The van der Waals surface area contributed by atoms with Gasteiger partial charge in [-0.3, -0.25) is 4.79 Å². The number of nitro groups is 1. The van der Waals surface area contributed by atoms with Gasteiger partial charge >= 0.3 is 5.95 Å². The summed E-state index contributed by atoms with van der Waals surface area (Å²) in [5.41, 5.74) is 1.13. The van der Waals surface area contributed by atoms with Crippen LogP contribution in [0.4, 0.5) is 11.6 Å². The molecule has 0 bridgehead atoms. The number of anilines is 1. The first-order valence-corrected chi connectivity index (χ1v) is 6.42. The monoisotopic (exact) mass is 300 g/mol. The number of aromatic nitrogens is 3. The fraction of sp³-hybridized carbons (Fsp3) is 0.231. The quantitative estimate of drug-likeness (QED) is 0.635. The SMILES string of the molecule is N#Cc1ccc(NC(=O)CCCn2cnc([N+](=O)[O-])n2)cc1. The number of nitrogens with one attached hydrogen (secondary N) is 1. The summed E-state index contributed by atoms with van der Waals surface area (Å²) in [6, 6.07) is 8.52. The lowest BCUT2D eigenvalue weighted by Crippen LogP contribution is -2.12. The molecular formula is C13H12N6O3. The van der Waals surface area contributed by atoms with Crippen LogP contribution in [0.5, 0.6) is 0 Å². The topological polar surface area (TPSA) is 127 Å². The van der Waals surface area contributed by atoms with Crippen molar-refractivity contribution in [1.29, 1.82) is 5.26 Å². The van der Waals surface area contributed by atoms with Crippen LogP contribution in [0.1, 0.15) is 18.4 Å². The Morgan fingerprint density at radius 2 is 2.14 bits per heavy atom. The maximum atomic E-state index is 11.7. The summed E-state index contributed by atoms with van der Waals surface area (Å²) in [6.45, 7) is 0.363. The minimum Gasteiger partial charge on any atom is -0.390 e. The third kappa shape index (κ3) is 4.11. The van der Waals surface area contributed by atoms with E-state index in [1.807, 2.05) is 6.07 Å². The first-order valence-electron chi connectivity index (χ1n) is 6.42. The molecule has 0 fully saturated rings. The zero-order chi connectivity index (χ0) is 15.9. The predicted molar refractivity (Wildman–Crippen MR) is 75.7 cm³/mol. The van der Waals surface area contributed by atoms with E-state index >= 15 is 0 Å². The molecule has 9 heteroatoms. The van der Waals surface area contributed by atoms with Gasteiger partial charge in [-0.1, -0.05) is 4.98 Å². The van der Waals surface area contributed by atoms with Gasteiger partial charge in [-0.2, -0.15) is 9.94 Å². The van der Waals surface area contributed by atoms with Crippen molar-refractivity contribution in [2.24, 2.45) is 0 Å². The van der Waals surface area contributed by atoms with Gasteiger partial charge in [0.25, 0.3) is 0 Å². The Labute approximate surface area is 125 Å². The van der Waals surface area contributed by atoms with E-state index in [2.05, 4.69) is 15.4 Å². The first-order chi connectivity index (χ1) is 10.6. The number of hydrogen-bond acceptors (Lipinski definition) is 6. The second-order valence-corrected chi connectivity index (χ2v) is 4.41. The molecule has 0 atom stereocenters. The summed E-state index contributed by atoms with van der Waals surface area (Å²) < 4.78 is 1.33. The molecule has 2 aromatic rings. The lowest BCUT2D eigenvalue weighted by atomic mass is 10.2. The number of carbonyl (C=O) groups is 1. The maximum absolute atomic E-state index is 11.7. The highest BCUT2D eigenvalue weighted by atomic mass is 16.6. The van der Waals surface area contributed by atoms with Crippen molar-refractivity contribution >= 4 is 17.5 Å². The minimum atomic E-state index is -0.673. The number of nitriles is 1. The average Bonchev–Trinajstić information content (AvgIpc) is 2.97. The largest absolute Gasteiger partial charge is 0.490 e. The summed E-state index contributed by atoms with van der Waals surface area (Å²) in [6.07, 6.45) is 1.98. The highest BCUT2D eigenvalue weighted by Gasteiger charge is 2.13. The molecule has 1 aromatic carbocycles. The van der Waals surface area contributed by atoms with E-state index in [0.29, 0.717) is 24.2 Å². The molecule has 0 spiro atoms. The molecule has 1 N–H and O–H groups in total. The van der Waals surface area contributed by atoms with Gasteiger partial charge < -0.3 is 15.4 Å². The number of nitrogens with zero attached hydrogens (tertiary/aromatic N) is 5. The smallest absolute Gasteiger partial charge is 0.390 e. The molecule has 22 heavy (non-hydrogen) atoms. The summed E-state index contributed by atoms with van der Waals surface area (Å²) in [5, 5.41) is 25.5. The van der Waals surface area contributed by atoms with Crippen LogP contribution in [-0.4, -0.2) is 25.6 Å². The second kappa shape index (κ2) is 6.94. The van der Waals surface area contributed by atoms with E-state index < -0.39 is 10.9 Å². The molecule has 112 valence electrons. The molecule has 0 radical (unpaired) electrons. The fourth-order valence-electron chi connectivity index (χ4n) is 1.73. The predicted octanol–water partition coefficient (Wildman–Crippen LogP) is 1.48. The van der Waals surface area contributed by atoms with E-state index in [9.17, 15) is 14.9 Å². The van der Waals surface area contributed by atoms with Gasteiger partial charge in [0.1, 0.15) is 0 Å². The van der Waals surface area contributed by atoms with Gasteiger partial charge in [-0.05, 0) is 35.6 Å². The van der Waals surface area contributed by atoms with Crippen molar-refractivity contribution in [2.45, 2.75) is 19.4 Å². The normalized spacial score (nSPS) is 9.95. The lowest BCUT2D eigenvalue weighted by Gasteiger charge is -2.04. The van der Waals surface area contributed by atoms with E-state index in [0.717, 1.165) is 0 Å². The van der Waals surface area contributed by atoms with Crippen molar-refractivity contribution in [1.82, 2.24) is 14.8 Å². The molecule has 1 aromatic heterocycles. The highest BCUT2D eigenvalue weighted by molar-refractivity contribution is 5.90. The zero-order valence-electron chi connectivity index (χ0n) is 11.5. The van der Waals surface area contributed by atoms with Crippen LogP contribution in [0, 0.1) is 21.4 Å². The Bertz CT molecular complexity index is 716. The number of rotatable bonds is 6. The summed E-state index contributed by atoms with van der Waals surface area (Å²) in [7, 11) is 0. The molecule has 1 amide bonds. The molecule has 9 nitrogen and oxygen atoms in total. The Morgan fingerprint density at radius 3 is 2.73 bits per heavy atom. The second-order valence-electron chi connectivity index (χ2n) is 4.41. The Kier molecular flexibility index (Phi) is 4.77. The minimum absolute atomic E-state index is 0.181. The fourth-order valence-corrected chi connectivity index (χ4v) is 1.73. The summed E-state index contributed by atoms with van der Waals surface area (Å²) in [4.78, 5) is 25.0. The molecule has 0 aliphatic heterocycles. The van der Waals surface area contributed by atoms with Crippen LogP contribution < -0.4 is 5.32 Å². The Hall–Kier alpha value is -3.28. The van der Waals surface area contributed by atoms with Crippen molar-refractivity contribution in [3.05, 3.63) is 46.3 Å². The number of carbonyl (C=O) groups excluding carboxylic acids is 1. The molecular weight excluding hydrogens is 288 g/mol. The van der Waals surface area contributed by atoms with Crippen molar-refractivity contribution in [2.75, 3.05) is 5.32 Å². The highest BCUT2D eigenvalue weighted by Crippen LogP contribution is 2.09. The van der Waals surface area contributed by atoms with Crippen LogP contribution in [0.15, 0.2) is 30.6 Å². The summed E-state index contributed by atoms with van der Waals surface area (Å²) in [5.74, 6) is -0.638. The van der Waals surface area contributed by atoms with Gasteiger partial charge in [0, 0.05) is 17.2 Å².